The summed E-state index contributed by atoms with van der Waals surface area (Å²) < 4.78 is 19.9. The summed E-state index contributed by atoms with van der Waals surface area (Å²) in [6.07, 6.45) is -1.22. The lowest BCUT2D eigenvalue weighted by molar-refractivity contribution is 0.117. The van der Waals surface area contributed by atoms with Gasteiger partial charge in [0.25, 0.3) is 0 Å². The van der Waals surface area contributed by atoms with Crippen molar-refractivity contribution in [1.82, 2.24) is 10.6 Å². The second kappa shape index (κ2) is 12.7. The molecule has 180 valence electrons. The third-order valence-electron chi connectivity index (χ3n) is 5.49. The average Bonchev–Trinajstić information content (AvgIpc) is 2.82. The van der Waals surface area contributed by atoms with Crippen LogP contribution in [0.3, 0.4) is 0 Å². The van der Waals surface area contributed by atoms with Crippen LogP contribution in [0.1, 0.15) is 29.2 Å². The minimum absolute atomic E-state index is 0.111. The summed E-state index contributed by atoms with van der Waals surface area (Å²) in [6, 6.07) is 21.1. The Balaban J connectivity index is 1.61. The Bertz CT molecular complexity index is 1060. The van der Waals surface area contributed by atoms with E-state index in [0.29, 0.717) is 17.9 Å². The van der Waals surface area contributed by atoms with Crippen molar-refractivity contribution in [2.24, 2.45) is 0 Å². The SMILES string of the molecule is CCc1cccc(CNC[C@H](O)[C@H](Cc2cc(F)cc(OCc3ccccc3)c2)NC(=O)O)c1. The first-order chi connectivity index (χ1) is 16.4. The molecule has 2 atom stereocenters. The van der Waals surface area contributed by atoms with Crippen LogP contribution in [0.25, 0.3) is 0 Å². The highest BCUT2D eigenvalue weighted by molar-refractivity contribution is 5.65. The number of benzene rings is 3. The summed E-state index contributed by atoms with van der Waals surface area (Å²) in [5, 5.41) is 25.5. The standard InChI is InChI=1S/C27H31FN2O4/c1-2-19-9-6-10-21(11-19)16-29-17-26(31)25(30-27(32)33)14-22-12-23(28)15-24(13-22)34-18-20-7-4-3-5-8-20/h3-13,15,25-26,29-31H,2,14,16-18H2,1H3,(H,32,33)/t25-,26-/m0/s1. The summed E-state index contributed by atoms with van der Waals surface area (Å²) in [6.45, 7) is 3.09. The molecular weight excluding hydrogens is 435 g/mol. The number of aryl methyl sites for hydroxylation is 1. The van der Waals surface area contributed by atoms with Crippen molar-refractivity contribution in [2.45, 2.75) is 45.1 Å². The minimum atomic E-state index is -1.25. The first-order valence-electron chi connectivity index (χ1n) is 11.3. The van der Waals surface area contributed by atoms with Crippen LogP contribution < -0.4 is 15.4 Å². The molecule has 0 spiro atoms. The summed E-state index contributed by atoms with van der Waals surface area (Å²) in [4.78, 5) is 11.3. The number of aliphatic hydroxyl groups excluding tert-OH is 1. The van der Waals surface area contributed by atoms with E-state index in [4.69, 9.17) is 4.74 Å². The fourth-order valence-electron chi connectivity index (χ4n) is 3.72. The molecule has 0 heterocycles. The Kier molecular flexibility index (Phi) is 9.43. The summed E-state index contributed by atoms with van der Waals surface area (Å²) in [7, 11) is 0. The number of rotatable bonds is 12. The van der Waals surface area contributed by atoms with Gasteiger partial charge in [-0.25, -0.2) is 9.18 Å². The van der Waals surface area contributed by atoms with Crippen LogP contribution in [-0.4, -0.2) is 35.0 Å². The van der Waals surface area contributed by atoms with Gasteiger partial charge >= 0.3 is 6.09 Å². The fraction of sp³-hybridized carbons (Fsp3) is 0.296. The first-order valence-corrected chi connectivity index (χ1v) is 11.3. The van der Waals surface area contributed by atoms with Gasteiger partial charge in [-0.2, -0.15) is 0 Å². The lowest BCUT2D eigenvalue weighted by atomic mass is 10.0. The molecule has 0 aromatic heterocycles. The van der Waals surface area contributed by atoms with Crippen molar-refractivity contribution in [3.8, 4) is 5.75 Å². The van der Waals surface area contributed by atoms with Gasteiger partial charge in [-0.15, -0.1) is 0 Å². The number of nitrogens with one attached hydrogen (secondary N) is 2. The molecule has 6 nitrogen and oxygen atoms in total. The van der Waals surface area contributed by atoms with Gasteiger partial charge in [0.05, 0.1) is 12.1 Å². The van der Waals surface area contributed by atoms with Gasteiger partial charge in [-0.3, -0.25) is 0 Å². The lowest BCUT2D eigenvalue weighted by Crippen LogP contribution is -2.48. The summed E-state index contributed by atoms with van der Waals surface area (Å²) in [5.41, 5.74) is 3.78. The van der Waals surface area contributed by atoms with Crippen LogP contribution in [0.15, 0.2) is 72.8 Å². The van der Waals surface area contributed by atoms with E-state index in [-0.39, 0.29) is 19.6 Å². The number of ether oxygens (including phenoxy) is 1. The van der Waals surface area contributed by atoms with E-state index in [2.05, 4.69) is 29.7 Å². The number of hydrogen-bond donors (Lipinski definition) is 4. The van der Waals surface area contributed by atoms with Crippen LogP contribution in [0, 0.1) is 5.82 Å². The van der Waals surface area contributed by atoms with Crippen molar-refractivity contribution in [3.63, 3.8) is 0 Å². The summed E-state index contributed by atoms with van der Waals surface area (Å²) in [5.74, 6) is -0.144. The third kappa shape index (κ3) is 8.17. The van der Waals surface area contributed by atoms with Crippen molar-refractivity contribution < 1.29 is 24.1 Å². The molecule has 0 unspecified atom stereocenters. The van der Waals surface area contributed by atoms with Crippen molar-refractivity contribution in [1.29, 1.82) is 0 Å². The molecule has 4 N–H and O–H groups in total. The first kappa shape index (κ1) is 25.2. The maximum Gasteiger partial charge on any atom is 0.404 e. The third-order valence-corrected chi connectivity index (χ3v) is 5.49. The topological polar surface area (TPSA) is 90.8 Å². The average molecular weight is 467 g/mol. The van der Waals surface area contributed by atoms with E-state index in [0.717, 1.165) is 17.5 Å². The Labute approximate surface area is 199 Å². The zero-order valence-corrected chi connectivity index (χ0v) is 19.2. The molecular formula is C27H31FN2O4. The Morgan fingerprint density at radius 2 is 1.71 bits per heavy atom. The molecule has 0 radical (unpaired) electrons. The fourth-order valence-corrected chi connectivity index (χ4v) is 3.72. The van der Waals surface area contributed by atoms with Crippen LogP contribution in [0.5, 0.6) is 5.75 Å². The molecule has 3 aromatic rings. The van der Waals surface area contributed by atoms with E-state index < -0.39 is 24.1 Å². The molecule has 3 aromatic carbocycles. The van der Waals surface area contributed by atoms with Crippen molar-refractivity contribution in [3.05, 3.63) is 101 Å². The lowest BCUT2D eigenvalue weighted by Gasteiger charge is -2.24. The van der Waals surface area contributed by atoms with E-state index >= 15 is 0 Å². The van der Waals surface area contributed by atoms with E-state index in [9.17, 15) is 19.4 Å². The largest absolute Gasteiger partial charge is 0.489 e. The number of carboxylic acid groups (broad SMARTS) is 1. The van der Waals surface area contributed by atoms with Crippen LogP contribution >= 0.6 is 0 Å². The highest BCUT2D eigenvalue weighted by atomic mass is 19.1. The van der Waals surface area contributed by atoms with Gasteiger partial charge in [0.1, 0.15) is 18.2 Å². The minimum Gasteiger partial charge on any atom is -0.489 e. The zero-order valence-electron chi connectivity index (χ0n) is 19.2. The molecule has 0 saturated carbocycles. The highest BCUT2D eigenvalue weighted by Gasteiger charge is 2.22. The van der Waals surface area contributed by atoms with Crippen molar-refractivity contribution in [2.75, 3.05) is 6.54 Å². The van der Waals surface area contributed by atoms with E-state index in [1.165, 1.54) is 17.7 Å². The summed E-state index contributed by atoms with van der Waals surface area (Å²) >= 11 is 0. The van der Waals surface area contributed by atoms with Crippen molar-refractivity contribution >= 4 is 6.09 Å². The highest BCUT2D eigenvalue weighted by Crippen LogP contribution is 2.20. The Morgan fingerprint density at radius 1 is 0.971 bits per heavy atom. The number of aliphatic hydroxyl groups is 1. The smallest absolute Gasteiger partial charge is 0.404 e. The maximum absolute atomic E-state index is 14.2. The predicted octanol–water partition coefficient (Wildman–Crippen LogP) is 4.30. The second-order valence-electron chi connectivity index (χ2n) is 8.20. The Hall–Kier alpha value is -3.42. The quantitative estimate of drug-likeness (QED) is 0.320. The maximum atomic E-state index is 14.2. The molecule has 0 aliphatic carbocycles. The van der Waals surface area contributed by atoms with Gasteiger partial charge in [-0.1, -0.05) is 61.5 Å². The van der Waals surface area contributed by atoms with Gasteiger partial charge in [0, 0.05) is 19.2 Å². The van der Waals surface area contributed by atoms with Crippen LogP contribution in [0.2, 0.25) is 0 Å². The second-order valence-corrected chi connectivity index (χ2v) is 8.20. The van der Waals surface area contributed by atoms with Gasteiger partial charge in [0.15, 0.2) is 0 Å². The molecule has 0 fully saturated rings. The molecule has 0 saturated heterocycles. The van der Waals surface area contributed by atoms with E-state index in [1.54, 1.807) is 6.07 Å². The van der Waals surface area contributed by atoms with Gasteiger partial charge in [0.2, 0.25) is 0 Å². The monoisotopic (exact) mass is 466 g/mol. The molecule has 3 rings (SSSR count). The van der Waals surface area contributed by atoms with Gasteiger partial charge < -0.3 is 25.6 Å². The normalized spacial score (nSPS) is 12.7. The predicted molar refractivity (Wildman–Crippen MR) is 129 cm³/mol. The van der Waals surface area contributed by atoms with Crippen LogP contribution in [-0.2, 0) is 26.0 Å². The molecule has 0 aliphatic rings. The molecule has 0 bridgehead atoms. The number of carbonyl (C=O) groups is 1. The number of halogens is 1. The zero-order chi connectivity index (χ0) is 24.3. The number of hydrogen-bond acceptors (Lipinski definition) is 4. The van der Waals surface area contributed by atoms with Crippen LogP contribution in [0.4, 0.5) is 9.18 Å². The molecule has 7 heteroatoms. The molecule has 34 heavy (non-hydrogen) atoms. The molecule has 0 aliphatic heterocycles. The Morgan fingerprint density at radius 3 is 2.44 bits per heavy atom. The number of amides is 1. The van der Waals surface area contributed by atoms with E-state index in [1.807, 2.05) is 42.5 Å². The van der Waals surface area contributed by atoms with Gasteiger partial charge in [-0.05, 0) is 47.2 Å². The molecule has 1 amide bonds.